The average molecular weight is 417 g/mol. The van der Waals surface area contributed by atoms with E-state index in [1.54, 1.807) is 0 Å². The van der Waals surface area contributed by atoms with E-state index in [-0.39, 0.29) is 22.0 Å². The zero-order valence-electron chi connectivity index (χ0n) is 10.3. The zero-order valence-corrected chi connectivity index (χ0v) is 14.1. The van der Waals surface area contributed by atoms with Crippen molar-refractivity contribution in [1.82, 2.24) is 9.55 Å². The predicted octanol–water partition coefficient (Wildman–Crippen LogP) is 2.03. The number of nitrogens with zero attached hydrogens (tertiary/aromatic N) is 2. The molecule has 2 unspecified atom stereocenters. The van der Waals surface area contributed by atoms with E-state index in [1.165, 1.54) is 17.2 Å². The summed E-state index contributed by atoms with van der Waals surface area (Å²) in [5, 5.41) is -0.177. The molecule has 1 aliphatic carbocycles. The van der Waals surface area contributed by atoms with Crippen molar-refractivity contribution in [2.45, 2.75) is 37.0 Å². The van der Waals surface area contributed by atoms with Gasteiger partial charge in [-0.2, -0.15) is 0 Å². The fourth-order valence-electron chi connectivity index (χ4n) is 2.45. The van der Waals surface area contributed by atoms with Crippen molar-refractivity contribution in [2.24, 2.45) is 0 Å². The third kappa shape index (κ3) is 3.30. The number of sulfone groups is 1. The van der Waals surface area contributed by atoms with Crippen LogP contribution in [0.2, 0.25) is 5.15 Å². The molecule has 5 nitrogen and oxygen atoms in total. The van der Waals surface area contributed by atoms with E-state index in [0.29, 0.717) is 16.4 Å². The Morgan fingerprint density at radius 2 is 2.16 bits per heavy atom. The summed E-state index contributed by atoms with van der Waals surface area (Å²) in [6.45, 7) is 0. The first-order valence-corrected chi connectivity index (χ1v) is 9.33. The third-order valence-electron chi connectivity index (χ3n) is 3.50. The lowest BCUT2D eigenvalue weighted by molar-refractivity contribution is 0.342. The Balaban J connectivity index is 2.33. The molecule has 0 aromatic carbocycles. The Labute approximate surface area is 130 Å². The molecule has 1 aliphatic rings. The molecular formula is C11H14ClIN2O3S. The van der Waals surface area contributed by atoms with E-state index >= 15 is 0 Å². The molecular weight excluding hydrogens is 403 g/mol. The molecule has 19 heavy (non-hydrogen) atoms. The summed E-state index contributed by atoms with van der Waals surface area (Å²) >= 11 is 7.66. The van der Waals surface area contributed by atoms with Crippen LogP contribution in [0.5, 0.6) is 0 Å². The molecule has 1 aromatic rings. The highest BCUT2D eigenvalue weighted by molar-refractivity contribution is 14.1. The van der Waals surface area contributed by atoms with Crippen molar-refractivity contribution in [1.29, 1.82) is 0 Å². The molecule has 8 heteroatoms. The van der Waals surface area contributed by atoms with Gasteiger partial charge < -0.3 is 0 Å². The van der Waals surface area contributed by atoms with Crippen LogP contribution in [-0.4, -0.2) is 29.5 Å². The van der Waals surface area contributed by atoms with Gasteiger partial charge in [0.15, 0.2) is 0 Å². The molecule has 0 saturated heterocycles. The van der Waals surface area contributed by atoms with Gasteiger partial charge in [0.2, 0.25) is 0 Å². The first kappa shape index (κ1) is 15.2. The van der Waals surface area contributed by atoms with Crippen LogP contribution in [0.15, 0.2) is 11.1 Å². The smallest absolute Gasteiger partial charge is 0.268 e. The van der Waals surface area contributed by atoms with E-state index in [9.17, 15) is 13.2 Å². The molecule has 1 fully saturated rings. The molecule has 1 aromatic heterocycles. The topological polar surface area (TPSA) is 69.0 Å². The minimum Gasteiger partial charge on any atom is -0.295 e. The molecule has 0 spiro atoms. The molecule has 0 N–H and O–H groups in total. The zero-order chi connectivity index (χ0) is 14.2. The Kier molecular flexibility index (Phi) is 4.56. The Bertz CT molecular complexity index is 644. The minimum atomic E-state index is -3.06. The molecule has 1 heterocycles. The second-order valence-electron chi connectivity index (χ2n) is 4.83. The van der Waals surface area contributed by atoms with E-state index in [1.807, 2.05) is 22.6 Å². The Morgan fingerprint density at radius 1 is 1.47 bits per heavy atom. The number of halogens is 2. The summed E-state index contributed by atoms with van der Waals surface area (Å²) in [5.41, 5.74) is -0.195. The number of rotatable bonds is 2. The lowest BCUT2D eigenvalue weighted by atomic mass is 9.95. The molecule has 0 bridgehead atoms. The van der Waals surface area contributed by atoms with Crippen LogP contribution in [0, 0.1) is 3.57 Å². The van der Waals surface area contributed by atoms with Crippen LogP contribution in [0.1, 0.15) is 31.7 Å². The van der Waals surface area contributed by atoms with Gasteiger partial charge in [0, 0.05) is 12.3 Å². The second kappa shape index (κ2) is 5.69. The van der Waals surface area contributed by atoms with Gasteiger partial charge in [0.1, 0.15) is 18.6 Å². The van der Waals surface area contributed by atoms with Crippen molar-refractivity contribution in [3.05, 3.63) is 25.4 Å². The summed E-state index contributed by atoms with van der Waals surface area (Å²) in [6.07, 6.45) is 5.41. The van der Waals surface area contributed by atoms with Crippen molar-refractivity contribution in [3.8, 4) is 0 Å². The molecule has 2 atom stereocenters. The fourth-order valence-corrected chi connectivity index (χ4v) is 4.15. The normalized spacial score (nSPS) is 24.4. The van der Waals surface area contributed by atoms with Gasteiger partial charge in [-0.15, -0.1) is 0 Å². The summed E-state index contributed by atoms with van der Waals surface area (Å²) in [5.74, 6) is 0. The summed E-state index contributed by atoms with van der Waals surface area (Å²) in [4.78, 5) is 16.1. The summed E-state index contributed by atoms with van der Waals surface area (Å²) in [7, 11) is -3.06. The van der Waals surface area contributed by atoms with Gasteiger partial charge in [-0.3, -0.25) is 9.36 Å². The Hall–Kier alpha value is -0.150. The van der Waals surface area contributed by atoms with Crippen molar-refractivity contribution in [3.63, 3.8) is 0 Å². The van der Waals surface area contributed by atoms with Gasteiger partial charge >= 0.3 is 0 Å². The quantitative estimate of drug-likeness (QED) is 0.546. The summed E-state index contributed by atoms with van der Waals surface area (Å²) in [6, 6.07) is -0.112. The molecule has 1 saturated carbocycles. The van der Waals surface area contributed by atoms with Gasteiger partial charge in [-0.1, -0.05) is 18.0 Å². The highest BCUT2D eigenvalue weighted by atomic mass is 127. The molecule has 2 rings (SSSR count). The van der Waals surface area contributed by atoms with Gasteiger partial charge in [0.05, 0.1) is 11.6 Å². The molecule has 0 radical (unpaired) electrons. The largest absolute Gasteiger partial charge is 0.295 e. The van der Waals surface area contributed by atoms with E-state index in [0.717, 1.165) is 12.8 Å². The van der Waals surface area contributed by atoms with Crippen molar-refractivity contribution >= 4 is 44.0 Å². The minimum absolute atomic E-state index is 0.112. The fraction of sp³-hybridized carbons (Fsp3) is 0.636. The number of aromatic nitrogens is 2. The monoisotopic (exact) mass is 416 g/mol. The maximum Gasteiger partial charge on any atom is 0.268 e. The average Bonchev–Trinajstić information content (AvgIpc) is 2.35. The van der Waals surface area contributed by atoms with Crippen molar-refractivity contribution < 1.29 is 8.42 Å². The highest BCUT2D eigenvalue weighted by Gasteiger charge is 2.30. The van der Waals surface area contributed by atoms with Gasteiger partial charge in [-0.05, 0) is 41.9 Å². The molecule has 106 valence electrons. The standard InChI is InChI=1S/C11H14ClIN2O3S/c1-19(17,18)8-4-2-3-7(5-8)15-6-14-10(12)9(13)11(15)16/h6-8H,2-5H2,1H3. The van der Waals surface area contributed by atoms with E-state index in [4.69, 9.17) is 11.6 Å². The predicted molar refractivity (Wildman–Crippen MR) is 82.4 cm³/mol. The second-order valence-corrected chi connectivity index (χ2v) is 8.60. The number of hydrogen-bond acceptors (Lipinski definition) is 4. The maximum absolute atomic E-state index is 12.1. The first-order valence-electron chi connectivity index (χ1n) is 5.91. The van der Waals surface area contributed by atoms with Crippen LogP contribution in [0.3, 0.4) is 0 Å². The van der Waals surface area contributed by atoms with Crippen LogP contribution < -0.4 is 5.56 Å². The van der Waals surface area contributed by atoms with Crippen LogP contribution in [0.25, 0.3) is 0 Å². The van der Waals surface area contributed by atoms with Crippen LogP contribution in [-0.2, 0) is 9.84 Å². The SMILES string of the molecule is CS(=O)(=O)C1CCCC(n2cnc(Cl)c(I)c2=O)C1. The van der Waals surface area contributed by atoms with E-state index < -0.39 is 9.84 Å². The maximum atomic E-state index is 12.1. The lowest BCUT2D eigenvalue weighted by Gasteiger charge is -2.29. The number of hydrogen-bond donors (Lipinski definition) is 0. The third-order valence-corrected chi connectivity index (χ3v) is 6.71. The Morgan fingerprint density at radius 3 is 2.79 bits per heavy atom. The lowest BCUT2D eigenvalue weighted by Crippen LogP contribution is -2.34. The van der Waals surface area contributed by atoms with Gasteiger partial charge in [-0.25, -0.2) is 13.4 Å². The summed E-state index contributed by atoms with van der Waals surface area (Å²) < 4.78 is 25.2. The molecule has 0 amide bonds. The highest BCUT2D eigenvalue weighted by Crippen LogP contribution is 2.31. The van der Waals surface area contributed by atoms with E-state index in [2.05, 4.69) is 4.98 Å². The molecule has 0 aliphatic heterocycles. The first-order chi connectivity index (χ1) is 8.80. The van der Waals surface area contributed by atoms with Crippen molar-refractivity contribution in [2.75, 3.05) is 6.26 Å². The van der Waals surface area contributed by atoms with Gasteiger partial charge in [0.25, 0.3) is 5.56 Å². The van der Waals surface area contributed by atoms with Crippen LogP contribution in [0.4, 0.5) is 0 Å². The van der Waals surface area contributed by atoms with Crippen LogP contribution >= 0.6 is 34.2 Å².